The van der Waals surface area contributed by atoms with Crippen molar-refractivity contribution in [3.05, 3.63) is 77.7 Å². The second-order valence-corrected chi connectivity index (χ2v) is 12.1. The van der Waals surface area contributed by atoms with E-state index < -0.39 is 5.60 Å². The molecule has 1 aliphatic heterocycles. The van der Waals surface area contributed by atoms with Crippen molar-refractivity contribution in [2.45, 2.75) is 51.7 Å². The van der Waals surface area contributed by atoms with Gasteiger partial charge in [-0.25, -0.2) is 24.7 Å². The Morgan fingerprint density at radius 2 is 1.93 bits per heavy atom. The van der Waals surface area contributed by atoms with E-state index in [1.165, 1.54) is 11.3 Å². The van der Waals surface area contributed by atoms with Crippen molar-refractivity contribution in [2.24, 2.45) is 0 Å². The van der Waals surface area contributed by atoms with E-state index in [4.69, 9.17) is 14.5 Å². The minimum Gasteiger partial charge on any atom is -0.444 e. The van der Waals surface area contributed by atoms with Crippen LogP contribution in [0.15, 0.2) is 66.3 Å². The lowest BCUT2D eigenvalue weighted by molar-refractivity contribution is 0.0206. The number of rotatable bonds is 7. The van der Waals surface area contributed by atoms with Crippen LogP contribution in [-0.2, 0) is 11.2 Å². The molecule has 2 aromatic carbocycles. The molecule has 1 fully saturated rings. The molecule has 0 saturated carbocycles. The van der Waals surface area contributed by atoms with Gasteiger partial charge in [-0.1, -0.05) is 24.3 Å². The number of H-pyrrole nitrogens is 1. The molecule has 1 atom stereocenters. The van der Waals surface area contributed by atoms with Crippen LogP contribution in [0.1, 0.15) is 45.0 Å². The highest BCUT2D eigenvalue weighted by molar-refractivity contribution is 7.13. The Hall–Kier alpha value is -4.51. The molecule has 216 valence electrons. The molecule has 0 spiro atoms. The number of ether oxygens (including phenoxy) is 2. The molecule has 0 aliphatic carbocycles. The Balaban J connectivity index is 1.10. The van der Waals surface area contributed by atoms with Gasteiger partial charge in [0.1, 0.15) is 22.1 Å². The van der Waals surface area contributed by atoms with Crippen molar-refractivity contribution >= 4 is 34.4 Å². The fourth-order valence-corrected chi connectivity index (χ4v) is 5.56. The molecule has 5 aromatic rings. The highest BCUT2D eigenvalue weighted by Gasteiger charge is 2.28. The summed E-state index contributed by atoms with van der Waals surface area (Å²) in [6, 6.07) is 17.8. The van der Waals surface area contributed by atoms with E-state index in [2.05, 4.69) is 25.3 Å². The normalized spacial score (nSPS) is 15.5. The summed E-state index contributed by atoms with van der Waals surface area (Å²) in [5.74, 6) is 2.60. The number of fused-ring (bicyclic) bond motifs is 1. The average molecular weight is 584 g/mol. The molecule has 1 aliphatic rings. The number of likely N-dealkylation sites (tertiary alicyclic amines) is 1. The summed E-state index contributed by atoms with van der Waals surface area (Å²) >= 11 is 1.46. The number of carbonyl (C=O) groups is 1. The number of para-hydroxylation sites is 2. The number of nitrogens with one attached hydrogen (secondary N) is 2. The zero-order valence-electron chi connectivity index (χ0n) is 23.8. The molecule has 2 N–H and O–H groups in total. The van der Waals surface area contributed by atoms with Crippen LogP contribution in [0.3, 0.4) is 0 Å². The minimum atomic E-state index is -0.527. The smallest absolute Gasteiger partial charge is 0.410 e. The number of piperidine rings is 1. The maximum atomic E-state index is 12.6. The lowest BCUT2D eigenvalue weighted by Crippen LogP contribution is -2.47. The van der Waals surface area contributed by atoms with Gasteiger partial charge in [0, 0.05) is 31.7 Å². The summed E-state index contributed by atoms with van der Waals surface area (Å²) in [5.41, 5.74) is 5.06. The zero-order chi connectivity index (χ0) is 29.1. The predicted octanol–water partition coefficient (Wildman–Crippen LogP) is 6.67. The van der Waals surface area contributed by atoms with Gasteiger partial charge < -0.3 is 24.7 Å². The Morgan fingerprint density at radius 3 is 2.74 bits per heavy atom. The highest BCUT2D eigenvalue weighted by Crippen LogP contribution is 2.35. The van der Waals surface area contributed by atoms with Gasteiger partial charge in [-0.15, -0.1) is 11.3 Å². The molecule has 0 bridgehead atoms. The summed E-state index contributed by atoms with van der Waals surface area (Å²) in [6.07, 6.45) is 3.91. The van der Waals surface area contributed by atoms with E-state index in [1.54, 1.807) is 16.6 Å². The molecule has 42 heavy (non-hydrogen) atoms. The third-order valence-corrected chi connectivity index (χ3v) is 7.61. The van der Waals surface area contributed by atoms with Crippen LogP contribution in [0.2, 0.25) is 0 Å². The lowest BCUT2D eigenvalue weighted by atomic mass is 10.1. The van der Waals surface area contributed by atoms with Crippen LogP contribution in [0.4, 0.5) is 10.7 Å². The number of benzene rings is 2. The topological polar surface area (TPSA) is 118 Å². The molecule has 6 rings (SSSR count). The van der Waals surface area contributed by atoms with Crippen molar-refractivity contribution in [3.63, 3.8) is 0 Å². The molecule has 1 amide bonds. The van der Waals surface area contributed by atoms with Crippen LogP contribution in [-0.4, -0.2) is 60.6 Å². The number of aromatic amines is 1. The van der Waals surface area contributed by atoms with Crippen LogP contribution in [0.25, 0.3) is 21.6 Å². The van der Waals surface area contributed by atoms with E-state index >= 15 is 0 Å². The fraction of sp³-hybridized carbons (Fsp3) is 0.323. The molecule has 0 unspecified atom stereocenters. The lowest BCUT2D eigenvalue weighted by Gasteiger charge is -2.34. The van der Waals surface area contributed by atoms with Gasteiger partial charge in [0.15, 0.2) is 0 Å². The SMILES string of the molecule is CC(C)(C)OC(=O)N1CCC[C@H](Nc2nccc(-c3scnc3Oc3ccc(Cc4nc5ccccc5[nH]4)cc3)n2)C1. The molecule has 4 heterocycles. The second-order valence-electron chi connectivity index (χ2n) is 11.3. The Bertz CT molecular complexity index is 1640. The number of carbonyl (C=O) groups excluding carboxylic acids is 1. The van der Waals surface area contributed by atoms with Crippen molar-refractivity contribution in [1.82, 2.24) is 29.8 Å². The summed E-state index contributed by atoms with van der Waals surface area (Å²) < 4.78 is 11.7. The number of thiazole rings is 1. The van der Waals surface area contributed by atoms with Crippen molar-refractivity contribution in [1.29, 1.82) is 0 Å². The summed E-state index contributed by atoms with van der Waals surface area (Å²) in [4.78, 5) is 36.8. The largest absolute Gasteiger partial charge is 0.444 e. The van der Waals surface area contributed by atoms with Gasteiger partial charge in [-0.05, 0) is 69.5 Å². The summed E-state index contributed by atoms with van der Waals surface area (Å²) in [5, 5.41) is 3.40. The van der Waals surface area contributed by atoms with E-state index in [0.717, 1.165) is 40.1 Å². The fourth-order valence-electron chi connectivity index (χ4n) is 4.87. The number of imidazole rings is 1. The third-order valence-electron chi connectivity index (χ3n) is 6.78. The monoisotopic (exact) mass is 583 g/mol. The maximum absolute atomic E-state index is 12.6. The molecular formula is C31H33N7O3S. The number of nitrogens with zero attached hydrogens (tertiary/aromatic N) is 5. The molecule has 11 heteroatoms. The van der Waals surface area contributed by atoms with E-state index in [0.29, 0.717) is 42.8 Å². The molecule has 0 radical (unpaired) electrons. The standard InChI is InChI=1S/C31H33N7O3S/c1-31(2,3)41-30(39)38-16-6-7-21(18-38)34-29-32-15-14-25(37-29)27-28(33-19-42-27)40-22-12-10-20(11-13-22)17-26-35-23-8-4-5-9-24(23)36-26/h4-5,8-15,19,21H,6-7,16-18H2,1-3H3,(H,35,36)(H,32,34,37)/t21-/m0/s1. The van der Waals surface area contributed by atoms with E-state index in [1.807, 2.05) is 75.4 Å². The zero-order valence-corrected chi connectivity index (χ0v) is 24.6. The number of aromatic nitrogens is 5. The van der Waals surface area contributed by atoms with Crippen molar-refractivity contribution < 1.29 is 14.3 Å². The van der Waals surface area contributed by atoms with Crippen molar-refractivity contribution in [2.75, 3.05) is 18.4 Å². The summed E-state index contributed by atoms with van der Waals surface area (Å²) in [7, 11) is 0. The first-order valence-corrected chi connectivity index (χ1v) is 14.9. The number of hydrogen-bond acceptors (Lipinski definition) is 9. The molecular weight excluding hydrogens is 550 g/mol. The van der Waals surface area contributed by atoms with Crippen LogP contribution < -0.4 is 10.1 Å². The van der Waals surface area contributed by atoms with Gasteiger partial charge in [0.25, 0.3) is 0 Å². The molecule has 1 saturated heterocycles. The first kappa shape index (κ1) is 27.6. The highest BCUT2D eigenvalue weighted by atomic mass is 32.1. The Morgan fingerprint density at radius 1 is 1.10 bits per heavy atom. The summed E-state index contributed by atoms with van der Waals surface area (Å²) in [6.45, 7) is 6.83. The number of amides is 1. The molecule has 3 aromatic heterocycles. The first-order valence-electron chi connectivity index (χ1n) is 14.0. The predicted molar refractivity (Wildman–Crippen MR) is 163 cm³/mol. The van der Waals surface area contributed by atoms with Gasteiger partial charge in [-0.3, -0.25) is 0 Å². The average Bonchev–Trinajstić information content (AvgIpc) is 3.60. The number of hydrogen-bond donors (Lipinski definition) is 2. The molecule has 10 nitrogen and oxygen atoms in total. The quantitative estimate of drug-likeness (QED) is 0.218. The van der Waals surface area contributed by atoms with Gasteiger partial charge in [0.05, 0.1) is 22.2 Å². The van der Waals surface area contributed by atoms with Crippen LogP contribution in [0, 0.1) is 0 Å². The first-order chi connectivity index (χ1) is 20.3. The van der Waals surface area contributed by atoms with Gasteiger partial charge >= 0.3 is 6.09 Å². The Kier molecular flexibility index (Phi) is 7.75. The Labute approximate surface area is 248 Å². The van der Waals surface area contributed by atoms with E-state index in [9.17, 15) is 4.79 Å². The minimum absolute atomic E-state index is 0.0248. The van der Waals surface area contributed by atoms with Crippen LogP contribution in [0.5, 0.6) is 11.6 Å². The van der Waals surface area contributed by atoms with Crippen molar-refractivity contribution in [3.8, 4) is 22.2 Å². The second kappa shape index (κ2) is 11.8. The third kappa shape index (κ3) is 6.68. The maximum Gasteiger partial charge on any atom is 0.410 e. The van der Waals surface area contributed by atoms with Gasteiger partial charge in [0.2, 0.25) is 11.8 Å². The number of anilines is 1. The van der Waals surface area contributed by atoms with Gasteiger partial charge in [-0.2, -0.15) is 0 Å². The van der Waals surface area contributed by atoms with Crippen LogP contribution >= 0.6 is 11.3 Å². The van der Waals surface area contributed by atoms with E-state index in [-0.39, 0.29) is 12.1 Å².